The van der Waals surface area contributed by atoms with Crippen LogP contribution in [0.5, 0.6) is 0 Å². The Bertz CT molecular complexity index is 995. The number of hydrogen-bond acceptors (Lipinski definition) is 6. The first-order valence-corrected chi connectivity index (χ1v) is 21.2. The Labute approximate surface area is 305 Å². The molecule has 0 bridgehead atoms. The van der Waals surface area contributed by atoms with Crippen LogP contribution < -0.4 is 0 Å². The molecule has 0 heterocycles. The summed E-state index contributed by atoms with van der Waals surface area (Å²) >= 11 is 0. The quantitative estimate of drug-likeness (QED) is 0.0166. The van der Waals surface area contributed by atoms with E-state index in [0.717, 1.165) is 38.5 Å². The second kappa shape index (κ2) is 36.5. The first kappa shape index (κ1) is 47.8. The van der Waals surface area contributed by atoms with Crippen LogP contribution in [0.15, 0.2) is 60.8 Å². The Morgan fingerprint density at radius 3 is 1.56 bits per heavy atom. The summed E-state index contributed by atoms with van der Waals surface area (Å²) in [6.07, 6.45) is 45.8. The number of carbonyl (C=O) groups is 2. The number of phosphoric acid groups is 1. The Hall–Kier alpha value is -2.25. The van der Waals surface area contributed by atoms with Gasteiger partial charge in [-0.3, -0.25) is 9.32 Å². The first-order valence-electron chi connectivity index (χ1n) is 19.6. The van der Waals surface area contributed by atoms with E-state index in [1.54, 1.807) is 12.2 Å². The fraction of sp³-hybridized carbons (Fsp3) is 0.707. The first-order chi connectivity index (χ1) is 24.3. The van der Waals surface area contributed by atoms with E-state index in [1.807, 2.05) is 12.2 Å². The molecule has 0 aromatic heterocycles. The highest BCUT2D eigenvalue weighted by molar-refractivity contribution is 7.46. The van der Waals surface area contributed by atoms with Gasteiger partial charge in [0, 0.05) is 12.5 Å². The molecule has 0 aliphatic heterocycles. The molecule has 1 atom stereocenters. The SMILES string of the molecule is CCCCCCCC/C=C/C/C=C/C/C=C/CCCC(=O)OC[C@H](COP(=O)(O)O)OC(=O)/C=C/C=C/CCCCCCCCCCCCC. The lowest BCUT2D eigenvalue weighted by molar-refractivity contribution is -0.157. The number of ether oxygens (including phenoxy) is 2. The maximum Gasteiger partial charge on any atom is 0.469 e. The molecule has 0 saturated heterocycles. The van der Waals surface area contributed by atoms with E-state index in [0.29, 0.717) is 6.42 Å². The Balaban J connectivity index is 4.15. The van der Waals surface area contributed by atoms with Crippen LogP contribution in [-0.4, -0.2) is 41.0 Å². The standard InChI is InChI=1S/C41H71O8P/c1-3-5-7-9-11-13-15-17-19-20-22-23-25-27-29-31-33-35-40(42)47-37-39(38-48-50(44,45)46)49-41(43)36-34-32-30-28-26-24-21-18-16-14-12-10-8-6-4-2/h17,19,22-23,27,29-30,32,34,36,39H,3-16,18,20-21,24-26,28,31,33,35,37-38H2,1-2H3,(H2,44,45,46)/b19-17+,23-22+,29-27+,32-30+,36-34+/t39-/m1/s1. The highest BCUT2D eigenvalue weighted by Gasteiger charge is 2.22. The van der Waals surface area contributed by atoms with Gasteiger partial charge in [0.1, 0.15) is 6.61 Å². The van der Waals surface area contributed by atoms with Gasteiger partial charge >= 0.3 is 19.8 Å². The van der Waals surface area contributed by atoms with Crippen LogP contribution in [0.1, 0.15) is 168 Å². The van der Waals surface area contributed by atoms with Crippen molar-refractivity contribution in [3.8, 4) is 0 Å². The van der Waals surface area contributed by atoms with Crippen LogP contribution in [0.4, 0.5) is 0 Å². The average Bonchev–Trinajstić information content (AvgIpc) is 3.08. The van der Waals surface area contributed by atoms with E-state index in [-0.39, 0.29) is 13.0 Å². The zero-order chi connectivity index (χ0) is 36.8. The molecule has 8 nitrogen and oxygen atoms in total. The summed E-state index contributed by atoms with van der Waals surface area (Å²) in [5, 5.41) is 0. The number of hydrogen-bond donors (Lipinski definition) is 2. The number of allylic oxidation sites excluding steroid dienone is 9. The van der Waals surface area contributed by atoms with E-state index < -0.39 is 32.5 Å². The highest BCUT2D eigenvalue weighted by atomic mass is 31.2. The molecular formula is C41H71O8P. The molecular weight excluding hydrogens is 651 g/mol. The maximum absolute atomic E-state index is 12.3. The Morgan fingerprint density at radius 2 is 1.04 bits per heavy atom. The van der Waals surface area contributed by atoms with Gasteiger partial charge in [-0.15, -0.1) is 0 Å². The summed E-state index contributed by atoms with van der Waals surface area (Å²) in [6.45, 7) is 3.52. The average molecular weight is 723 g/mol. The normalized spacial score (nSPS) is 13.1. The lowest BCUT2D eigenvalue weighted by Crippen LogP contribution is -2.29. The van der Waals surface area contributed by atoms with E-state index in [4.69, 9.17) is 19.3 Å². The largest absolute Gasteiger partial charge is 0.469 e. The summed E-state index contributed by atoms with van der Waals surface area (Å²) in [7, 11) is -4.79. The molecule has 0 fully saturated rings. The van der Waals surface area contributed by atoms with Gasteiger partial charge in [-0.2, -0.15) is 0 Å². The third-order valence-corrected chi connectivity index (χ3v) is 8.60. The molecule has 0 spiro atoms. The second-order valence-electron chi connectivity index (χ2n) is 13.0. The van der Waals surface area contributed by atoms with Gasteiger partial charge in [-0.05, 0) is 51.4 Å². The van der Waals surface area contributed by atoms with Crippen LogP contribution in [0, 0.1) is 0 Å². The molecule has 0 rings (SSSR count). The number of esters is 2. The van der Waals surface area contributed by atoms with Crippen molar-refractivity contribution in [3.05, 3.63) is 60.8 Å². The maximum atomic E-state index is 12.3. The number of carbonyl (C=O) groups excluding carboxylic acids is 2. The van der Waals surface area contributed by atoms with Crippen LogP contribution in [0.3, 0.4) is 0 Å². The Kier molecular flexibility index (Phi) is 34.9. The molecule has 2 N–H and O–H groups in total. The van der Waals surface area contributed by atoms with Crippen LogP contribution in [-0.2, 0) is 28.2 Å². The van der Waals surface area contributed by atoms with E-state index in [1.165, 1.54) is 109 Å². The summed E-state index contributed by atoms with van der Waals surface area (Å²) in [6, 6.07) is 0. The smallest absolute Gasteiger partial charge is 0.462 e. The molecule has 50 heavy (non-hydrogen) atoms. The van der Waals surface area contributed by atoms with Gasteiger partial charge < -0.3 is 19.3 Å². The second-order valence-corrected chi connectivity index (χ2v) is 14.2. The summed E-state index contributed by atoms with van der Waals surface area (Å²) in [5.74, 6) is -1.20. The molecule has 0 unspecified atom stereocenters. The van der Waals surface area contributed by atoms with Crippen molar-refractivity contribution in [2.75, 3.05) is 13.2 Å². The molecule has 0 amide bonds. The predicted octanol–water partition coefficient (Wildman–Crippen LogP) is 11.7. The van der Waals surface area contributed by atoms with Crippen molar-refractivity contribution in [3.63, 3.8) is 0 Å². The third-order valence-electron chi connectivity index (χ3n) is 8.12. The number of unbranched alkanes of at least 4 members (excludes halogenated alkanes) is 18. The zero-order valence-electron chi connectivity index (χ0n) is 31.5. The monoisotopic (exact) mass is 722 g/mol. The molecule has 0 aliphatic carbocycles. The van der Waals surface area contributed by atoms with E-state index in [9.17, 15) is 14.2 Å². The predicted molar refractivity (Wildman–Crippen MR) is 207 cm³/mol. The van der Waals surface area contributed by atoms with Crippen molar-refractivity contribution in [1.82, 2.24) is 0 Å². The van der Waals surface area contributed by atoms with Crippen LogP contribution >= 0.6 is 7.82 Å². The summed E-state index contributed by atoms with van der Waals surface area (Å²) in [5.41, 5.74) is 0. The fourth-order valence-corrected chi connectivity index (χ4v) is 5.54. The molecule has 0 aromatic carbocycles. The van der Waals surface area contributed by atoms with Crippen molar-refractivity contribution in [1.29, 1.82) is 0 Å². The van der Waals surface area contributed by atoms with Crippen molar-refractivity contribution >= 4 is 19.8 Å². The van der Waals surface area contributed by atoms with Gasteiger partial charge in [0.2, 0.25) is 0 Å². The molecule has 0 aliphatic rings. The summed E-state index contributed by atoms with van der Waals surface area (Å²) in [4.78, 5) is 42.6. The minimum Gasteiger partial charge on any atom is -0.462 e. The fourth-order valence-electron chi connectivity index (χ4n) is 5.18. The molecule has 0 radical (unpaired) electrons. The lowest BCUT2D eigenvalue weighted by atomic mass is 10.1. The topological polar surface area (TPSA) is 119 Å². The Morgan fingerprint density at radius 1 is 0.580 bits per heavy atom. The highest BCUT2D eigenvalue weighted by Crippen LogP contribution is 2.35. The third kappa shape index (κ3) is 38.6. The van der Waals surface area contributed by atoms with Gasteiger partial charge in [-0.25, -0.2) is 9.36 Å². The summed E-state index contributed by atoms with van der Waals surface area (Å²) < 4.78 is 26.1. The zero-order valence-corrected chi connectivity index (χ0v) is 32.4. The number of rotatable bonds is 35. The van der Waals surface area contributed by atoms with E-state index >= 15 is 0 Å². The molecule has 288 valence electrons. The molecule has 0 aromatic rings. The van der Waals surface area contributed by atoms with E-state index in [2.05, 4.69) is 48.8 Å². The van der Waals surface area contributed by atoms with Crippen molar-refractivity contribution in [2.45, 2.75) is 174 Å². The van der Waals surface area contributed by atoms with Crippen LogP contribution in [0.25, 0.3) is 0 Å². The molecule has 0 saturated carbocycles. The molecule has 9 heteroatoms. The lowest BCUT2D eigenvalue weighted by Gasteiger charge is -2.17. The number of phosphoric ester groups is 1. The van der Waals surface area contributed by atoms with Gasteiger partial charge in [-0.1, -0.05) is 165 Å². The van der Waals surface area contributed by atoms with Crippen molar-refractivity contribution in [2.24, 2.45) is 0 Å². The van der Waals surface area contributed by atoms with Crippen molar-refractivity contribution < 1.29 is 37.9 Å². The van der Waals surface area contributed by atoms with Gasteiger partial charge in [0.25, 0.3) is 0 Å². The minimum absolute atomic E-state index is 0.174. The van der Waals surface area contributed by atoms with Gasteiger partial charge in [0.05, 0.1) is 6.61 Å². The minimum atomic E-state index is -4.79. The van der Waals surface area contributed by atoms with Crippen LogP contribution in [0.2, 0.25) is 0 Å². The van der Waals surface area contributed by atoms with Gasteiger partial charge in [0.15, 0.2) is 6.10 Å².